The first-order chi connectivity index (χ1) is 11.9. The first kappa shape index (κ1) is 18.2. The Morgan fingerprint density at radius 1 is 1.20 bits per heavy atom. The van der Waals surface area contributed by atoms with E-state index in [2.05, 4.69) is 5.10 Å². The first-order valence-corrected chi connectivity index (χ1v) is 7.38. The molecule has 2 aromatic rings. The summed E-state index contributed by atoms with van der Waals surface area (Å²) in [7, 11) is 0. The Balaban J connectivity index is 2.54. The van der Waals surface area contributed by atoms with Crippen LogP contribution in [-0.2, 0) is 12.7 Å². The molecule has 5 nitrogen and oxygen atoms in total. The maximum atomic E-state index is 13.2. The molecule has 1 atom stereocenters. The highest BCUT2D eigenvalue weighted by molar-refractivity contribution is 5.59. The summed E-state index contributed by atoms with van der Waals surface area (Å²) in [5, 5.41) is 21.7. The molecule has 2 rings (SSSR count). The number of halogens is 3. The second-order valence-electron chi connectivity index (χ2n) is 5.32. The highest BCUT2D eigenvalue weighted by atomic mass is 19.4. The molecule has 1 aromatic heterocycles. The second-order valence-corrected chi connectivity index (χ2v) is 5.32. The molecular weight excluding hydrogens is 333 g/mol. The lowest BCUT2D eigenvalue weighted by Crippen LogP contribution is -2.32. The number of nitriles is 2. The van der Waals surface area contributed by atoms with E-state index < -0.39 is 23.2 Å². The quantitative estimate of drug-likeness (QED) is 0.831. The van der Waals surface area contributed by atoms with Gasteiger partial charge in [0.15, 0.2) is 0 Å². The van der Waals surface area contributed by atoms with Gasteiger partial charge in [0, 0.05) is 12.0 Å². The normalized spacial score (nSPS) is 12.2. The van der Waals surface area contributed by atoms with Gasteiger partial charge in [0.1, 0.15) is 5.56 Å². The van der Waals surface area contributed by atoms with Crippen molar-refractivity contribution in [3.05, 3.63) is 52.3 Å². The van der Waals surface area contributed by atoms with Gasteiger partial charge < -0.3 is 0 Å². The lowest BCUT2D eigenvalue weighted by Gasteiger charge is -2.14. The number of alkyl halides is 3. The number of aromatic nitrogens is 2. The van der Waals surface area contributed by atoms with Crippen LogP contribution in [0.25, 0.3) is 11.3 Å². The Kier molecular flexibility index (Phi) is 5.56. The van der Waals surface area contributed by atoms with Gasteiger partial charge in [-0.15, -0.1) is 0 Å². The third kappa shape index (κ3) is 4.45. The van der Waals surface area contributed by atoms with Crippen molar-refractivity contribution >= 4 is 0 Å². The van der Waals surface area contributed by atoms with Crippen molar-refractivity contribution < 1.29 is 13.2 Å². The molecule has 1 heterocycles. The minimum atomic E-state index is -4.83. The molecule has 0 N–H and O–H groups in total. The third-order valence-corrected chi connectivity index (χ3v) is 3.53. The molecule has 0 bridgehead atoms. The molecule has 0 spiro atoms. The highest BCUT2D eigenvalue weighted by Crippen LogP contribution is 2.29. The molecule has 0 aliphatic carbocycles. The van der Waals surface area contributed by atoms with Gasteiger partial charge in [-0.3, -0.25) is 4.79 Å². The highest BCUT2D eigenvalue weighted by Gasteiger charge is 2.35. The van der Waals surface area contributed by atoms with Gasteiger partial charge in [-0.2, -0.15) is 28.8 Å². The van der Waals surface area contributed by atoms with Crippen LogP contribution in [0.15, 0.2) is 41.2 Å². The first-order valence-electron chi connectivity index (χ1n) is 7.38. The number of nitrogens with zero attached hydrogens (tertiary/aromatic N) is 4. The molecule has 0 radical (unpaired) electrons. The van der Waals surface area contributed by atoms with E-state index in [-0.39, 0.29) is 25.1 Å². The average Bonchev–Trinajstić information content (AvgIpc) is 2.59. The molecule has 0 fully saturated rings. The zero-order chi connectivity index (χ0) is 18.4. The molecule has 1 unspecified atom stereocenters. The molecule has 1 aromatic carbocycles. The van der Waals surface area contributed by atoms with Crippen LogP contribution in [0.3, 0.4) is 0 Å². The largest absolute Gasteiger partial charge is 0.421 e. The Morgan fingerprint density at radius 2 is 1.88 bits per heavy atom. The van der Waals surface area contributed by atoms with Gasteiger partial charge in [0.05, 0.1) is 30.3 Å². The summed E-state index contributed by atoms with van der Waals surface area (Å²) in [6.07, 6.45) is -4.62. The van der Waals surface area contributed by atoms with Crippen LogP contribution in [0.1, 0.15) is 18.4 Å². The number of benzene rings is 1. The number of hydrogen-bond donors (Lipinski definition) is 0. The fourth-order valence-electron chi connectivity index (χ4n) is 2.26. The summed E-state index contributed by atoms with van der Waals surface area (Å²) >= 11 is 0. The van der Waals surface area contributed by atoms with Gasteiger partial charge in [0.25, 0.3) is 5.56 Å². The van der Waals surface area contributed by atoms with Crippen molar-refractivity contribution in [1.29, 1.82) is 10.5 Å². The van der Waals surface area contributed by atoms with Crippen LogP contribution in [0, 0.1) is 28.6 Å². The standard InChI is InChI=1S/C17H13F3N4O/c18-17(19,20)14-9-15(13-6-2-1-3-7-13)23-24(16(14)25)11-12(10-22)5-4-8-21/h1-3,6-7,9,12H,4-5,11H2. The smallest absolute Gasteiger partial charge is 0.267 e. The van der Waals surface area contributed by atoms with E-state index in [1.807, 2.05) is 12.1 Å². The number of rotatable bonds is 5. The van der Waals surface area contributed by atoms with Crippen LogP contribution in [-0.4, -0.2) is 9.78 Å². The monoisotopic (exact) mass is 346 g/mol. The van der Waals surface area contributed by atoms with Gasteiger partial charge in [-0.1, -0.05) is 30.3 Å². The summed E-state index contributed by atoms with van der Waals surface area (Å²) in [5.74, 6) is -0.781. The van der Waals surface area contributed by atoms with Crippen molar-refractivity contribution in [2.75, 3.05) is 0 Å². The Bertz CT molecular complexity index is 876. The molecular formula is C17H13F3N4O. The molecule has 0 amide bonds. The molecule has 128 valence electrons. The zero-order valence-corrected chi connectivity index (χ0v) is 13.0. The van der Waals surface area contributed by atoms with Gasteiger partial charge in [-0.05, 0) is 12.5 Å². The fraction of sp³-hybridized carbons (Fsp3) is 0.294. The summed E-state index contributed by atoms with van der Waals surface area (Å²) in [6.45, 7) is -0.305. The maximum Gasteiger partial charge on any atom is 0.421 e. The van der Waals surface area contributed by atoms with Crippen molar-refractivity contribution in [2.45, 2.75) is 25.6 Å². The van der Waals surface area contributed by atoms with Crippen molar-refractivity contribution in [2.24, 2.45) is 5.92 Å². The van der Waals surface area contributed by atoms with Crippen molar-refractivity contribution in [1.82, 2.24) is 9.78 Å². The van der Waals surface area contributed by atoms with Crippen LogP contribution in [0.4, 0.5) is 13.2 Å². The van der Waals surface area contributed by atoms with Crippen molar-refractivity contribution in [3.8, 4) is 23.4 Å². The lowest BCUT2D eigenvalue weighted by atomic mass is 10.1. The predicted molar refractivity (Wildman–Crippen MR) is 82.9 cm³/mol. The predicted octanol–water partition coefficient (Wildman–Crippen LogP) is 3.37. The molecule has 25 heavy (non-hydrogen) atoms. The Hall–Kier alpha value is -3.13. The van der Waals surface area contributed by atoms with Crippen LogP contribution >= 0.6 is 0 Å². The summed E-state index contributed by atoms with van der Waals surface area (Å²) < 4.78 is 40.3. The van der Waals surface area contributed by atoms with Gasteiger partial charge >= 0.3 is 6.18 Å². The van der Waals surface area contributed by atoms with Gasteiger partial charge in [0.2, 0.25) is 0 Å². The molecule has 0 saturated carbocycles. The summed E-state index contributed by atoms with van der Waals surface area (Å²) in [6, 6.07) is 12.6. The van der Waals surface area contributed by atoms with E-state index in [4.69, 9.17) is 10.5 Å². The van der Waals surface area contributed by atoms with Gasteiger partial charge in [-0.25, -0.2) is 4.68 Å². The van der Waals surface area contributed by atoms with E-state index in [9.17, 15) is 18.0 Å². The van der Waals surface area contributed by atoms with Crippen LogP contribution in [0.2, 0.25) is 0 Å². The Labute approximate surface area is 141 Å². The zero-order valence-electron chi connectivity index (χ0n) is 13.0. The average molecular weight is 346 g/mol. The van der Waals surface area contributed by atoms with E-state index in [1.54, 1.807) is 30.3 Å². The lowest BCUT2D eigenvalue weighted by molar-refractivity contribution is -0.139. The van der Waals surface area contributed by atoms with E-state index in [0.717, 1.165) is 0 Å². The molecule has 0 aliphatic heterocycles. The van der Waals surface area contributed by atoms with Crippen LogP contribution in [0.5, 0.6) is 0 Å². The van der Waals surface area contributed by atoms with E-state index >= 15 is 0 Å². The third-order valence-electron chi connectivity index (χ3n) is 3.53. The molecule has 8 heteroatoms. The van der Waals surface area contributed by atoms with E-state index in [1.165, 1.54) is 0 Å². The minimum Gasteiger partial charge on any atom is -0.267 e. The fourth-order valence-corrected chi connectivity index (χ4v) is 2.26. The number of hydrogen-bond acceptors (Lipinski definition) is 4. The molecule has 0 aliphatic rings. The topological polar surface area (TPSA) is 82.5 Å². The maximum absolute atomic E-state index is 13.2. The van der Waals surface area contributed by atoms with Crippen LogP contribution < -0.4 is 5.56 Å². The SMILES string of the molecule is N#CCCC(C#N)Cn1nc(-c2ccccc2)cc(C(F)(F)F)c1=O. The van der Waals surface area contributed by atoms with Crippen molar-refractivity contribution in [3.63, 3.8) is 0 Å². The second kappa shape index (κ2) is 7.63. The summed E-state index contributed by atoms with van der Waals surface area (Å²) in [5.41, 5.74) is -2.22. The summed E-state index contributed by atoms with van der Waals surface area (Å²) in [4.78, 5) is 12.1. The minimum absolute atomic E-state index is 0.00972. The van der Waals surface area contributed by atoms with E-state index in [0.29, 0.717) is 16.3 Å². The Morgan fingerprint density at radius 3 is 2.44 bits per heavy atom. The molecule has 0 saturated heterocycles.